The van der Waals surface area contributed by atoms with Gasteiger partial charge in [-0.2, -0.15) is 0 Å². The lowest BCUT2D eigenvalue weighted by Crippen LogP contribution is -2.33. The van der Waals surface area contributed by atoms with Crippen molar-refractivity contribution < 1.29 is 9.53 Å². The van der Waals surface area contributed by atoms with Crippen LogP contribution in [-0.2, 0) is 11.2 Å². The molecule has 132 valence electrons. The van der Waals surface area contributed by atoms with Crippen molar-refractivity contribution in [2.24, 2.45) is 0 Å². The van der Waals surface area contributed by atoms with Gasteiger partial charge >= 0.3 is 0 Å². The minimum absolute atomic E-state index is 0.000256. The third kappa shape index (κ3) is 3.85. The molecule has 0 bridgehead atoms. The number of thiazole rings is 1. The third-order valence-corrected chi connectivity index (χ3v) is 5.08. The molecule has 1 saturated heterocycles. The van der Waals surface area contributed by atoms with Crippen molar-refractivity contribution in [2.45, 2.75) is 12.5 Å². The average Bonchev–Trinajstić information content (AvgIpc) is 3.20. The molecule has 1 aliphatic rings. The number of ether oxygens (including phenoxy) is 1. The molecule has 1 aromatic carbocycles. The molecule has 1 aliphatic heterocycles. The largest absolute Gasteiger partial charge is 0.371 e. The highest BCUT2D eigenvalue weighted by atomic mass is 32.1. The lowest BCUT2D eigenvalue weighted by molar-refractivity contribution is 0.0277. The summed E-state index contributed by atoms with van der Waals surface area (Å²) in [4.78, 5) is 25.2. The van der Waals surface area contributed by atoms with Crippen molar-refractivity contribution in [2.75, 3.05) is 19.7 Å². The zero-order chi connectivity index (χ0) is 17.8. The molecule has 0 amide bonds. The molecule has 0 radical (unpaired) electrons. The number of rotatable bonds is 5. The molecule has 6 nitrogen and oxygen atoms in total. The number of hydrogen-bond donors (Lipinski definition) is 1. The van der Waals surface area contributed by atoms with E-state index in [4.69, 9.17) is 4.74 Å². The molecule has 0 aliphatic carbocycles. The van der Waals surface area contributed by atoms with Crippen molar-refractivity contribution in [3.05, 3.63) is 65.1 Å². The number of ketones is 1. The van der Waals surface area contributed by atoms with Crippen LogP contribution >= 0.6 is 11.3 Å². The van der Waals surface area contributed by atoms with Crippen LogP contribution in [0.5, 0.6) is 0 Å². The molecule has 0 saturated carbocycles. The molecule has 0 spiro atoms. The quantitative estimate of drug-likeness (QED) is 0.700. The first kappa shape index (κ1) is 17.0. The number of nitrogens with zero attached hydrogens (tertiary/aromatic N) is 3. The smallest absolute Gasteiger partial charge is 0.186 e. The van der Waals surface area contributed by atoms with Gasteiger partial charge in [0.25, 0.3) is 0 Å². The van der Waals surface area contributed by atoms with Crippen LogP contribution in [0.2, 0.25) is 0 Å². The lowest BCUT2D eigenvalue weighted by Gasteiger charge is -2.24. The minimum atomic E-state index is -0.000256. The molecular weight excluding hydrogens is 348 g/mol. The normalized spacial score (nSPS) is 17.2. The van der Waals surface area contributed by atoms with Crippen molar-refractivity contribution >= 4 is 17.1 Å². The molecule has 7 heteroatoms. The number of Topliss-reactive ketones (excluding diaryl/α,β-unsaturated/α-hetero) is 1. The molecular formula is C19H18N4O2S. The first-order chi connectivity index (χ1) is 12.8. The highest BCUT2D eigenvalue weighted by Crippen LogP contribution is 2.23. The van der Waals surface area contributed by atoms with Gasteiger partial charge in [-0.3, -0.25) is 14.8 Å². The van der Waals surface area contributed by atoms with Crippen LogP contribution < -0.4 is 5.32 Å². The summed E-state index contributed by atoms with van der Waals surface area (Å²) in [5.41, 5.74) is 3.25. The van der Waals surface area contributed by atoms with Crippen molar-refractivity contribution in [1.29, 1.82) is 0 Å². The first-order valence-electron chi connectivity index (χ1n) is 8.46. The second-order valence-electron chi connectivity index (χ2n) is 6.03. The summed E-state index contributed by atoms with van der Waals surface area (Å²) in [6.45, 7) is 2.44. The van der Waals surface area contributed by atoms with E-state index in [1.165, 1.54) is 11.3 Å². The van der Waals surface area contributed by atoms with Gasteiger partial charge in [0.05, 0.1) is 18.9 Å². The van der Waals surface area contributed by atoms with E-state index < -0.39 is 0 Å². The van der Waals surface area contributed by atoms with Gasteiger partial charge in [0.15, 0.2) is 5.78 Å². The Bertz CT molecular complexity index is 874. The number of nitrogens with one attached hydrogen (secondary N) is 1. The zero-order valence-corrected chi connectivity index (χ0v) is 14.9. The second kappa shape index (κ2) is 7.82. The highest BCUT2D eigenvalue weighted by molar-refractivity contribution is 7.13. The van der Waals surface area contributed by atoms with E-state index in [0.29, 0.717) is 22.8 Å². The molecule has 4 rings (SSSR count). The van der Waals surface area contributed by atoms with Crippen molar-refractivity contribution in [1.82, 2.24) is 20.3 Å². The van der Waals surface area contributed by atoms with E-state index in [0.717, 1.165) is 30.8 Å². The van der Waals surface area contributed by atoms with E-state index in [9.17, 15) is 4.79 Å². The van der Waals surface area contributed by atoms with Gasteiger partial charge in [0, 0.05) is 37.3 Å². The topological polar surface area (TPSA) is 77.0 Å². The van der Waals surface area contributed by atoms with Crippen LogP contribution in [0.1, 0.15) is 27.7 Å². The number of morpholine rings is 1. The van der Waals surface area contributed by atoms with Crippen LogP contribution in [0.3, 0.4) is 0 Å². The first-order valence-corrected chi connectivity index (χ1v) is 9.34. The molecule has 26 heavy (non-hydrogen) atoms. The Morgan fingerprint density at radius 3 is 2.88 bits per heavy atom. The zero-order valence-electron chi connectivity index (χ0n) is 14.1. The van der Waals surface area contributed by atoms with Gasteiger partial charge in [-0.1, -0.05) is 24.3 Å². The highest BCUT2D eigenvalue weighted by Gasteiger charge is 2.16. The standard InChI is InChI=1S/C19H18N4O2S/c24-17(16-12-26-19(23-16)15-10-20-5-6-22-15)9-13-1-3-14(4-2-13)18-11-21-7-8-25-18/h1-6,10,12,18,21H,7-9,11H2. The fourth-order valence-corrected chi connectivity index (χ4v) is 3.62. The Hall–Kier alpha value is -2.48. The third-order valence-electron chi connectivity index (χ3n) is 4.22. The summed E-state index contributed by atoms with van der Waals surface area (Å²) in [5.74, 6) is -0.000256. The number of aromatic nitrogens is 3. The fraction of sp³-hybridized carbons (Fsp3) is 0.263. The van der Waals surface area contributed by atoms with Crippen molar-refractivity contribution in [3.8, 4) is 10.7 Å². The lowest BCUT2D eigenvalue weighted by atomic mass is 10.0. The van der Waals surface area contributed by atoms with Crippen LogP contribution in [0.15, 0.2) is 48.2 Å². The molecule has 1 fully saturated rings. The Morgan fingerprint density at radius 1 is 1.27 bits per heavy atom. The van der Waals surface area contributed by atoms with Crippen LogP contribution in [0, 0.1) is 0 Å². The molecule has 1 atom stereocenters. The van der Waals surface area contributed by atoms with E-state index in [-0.39, 0.29) is 11.9 Å². The van der Waals surface area contributed by atoms with E-state index in [2.05, 4.69) is 20.3 Å². The number of benzene rings is 1. The van der Waals surface area contributed by atoms with Crippen LogP contribution in [-0.4, -0.2) is 40.4 Å². The van der Waals surface area contributed by atoms with E-state index >= 15 is 0 Å². The maximum atomic E-state index is 12.5. The summed E-state index contributed by atoms with van der Waals surface area (Å²) in [7, 11) is 0. The number of carbonyl (C=O) groups excluding carboxylic acids is 1. The molecule has 1 N–H and O–H groups in total. The Morgan fingerprint density at radius 2 is 2.15 bits per heavy atom. The van der Waals surface area contributed by atoms with Crippen molar-refractivity contribution in [3.63, 3.8) is 0 Å². The molecule has 2 aromatic heterocycles. The van der Waals surface area contributed by atoms with E-state index in [1.54, 1.807) is 24.0 Å². The second-order valence-corrected chi connectivity index (χ2v) is 6.89. The molecule has 3 aromatic rings. The van der Waals surface area contributed by atoms with E-state index in [1.807, 2.05) is 24.3 Å². The predicted octanol–water partition coefficient (Wildman–Crippen LogP) is 2.69. The summed E-state index contributed by atoms with van der Waals surface area (Å²) >= 11 is 1.40. The van der Waals surface area contributed by atoms with Gasteiger partial charge < -0.3 is 10.1 Å². The van der Waals surface area contributed by atoms with Gasteiger partial charge in [0.2, 0.25) is 0 Å². The van der Waals surface area contributed by atoms with Gasteiger partial charge in [-0.05, 0) is 11.1 Å². The summed E-state index contributed by atoms with van der Waals surface area (Å²) in [5, 5.41) is 5.81. The fourth-order valence-electron chi connectivity index (χ4n) is 2.83. The summed E-state index contributed by atoms with van der Waals surface area (Å²) < 4.78 is 5.75. The SMILES string of the molecule is O=C(Cc1ccc(C2CNCCO2)cc1)c1csc(-c2cnccn2)n1. The maximum absolute atomic E-state index is 12.5. The van der Waals surface area contributed by atoms with Crippen LogP contribution in [0.25, 0.3) is 10.7 Å². The monoisotopic (exact) mass is 366 g/mol. The number of carbonyl (C=O) groups is 1. The van der Waals surface area contributed by atoms with Gasteiger partial charge in [-0.25, -0.2) is 4.98 Å². The Balaban J connectivity index is 1.42. The summed E-state index contributed by atoms with van der Waals surface area (Å²) in [6, 6.07) is 8.04. The summed E-state index contributed by atoms with van der Waals surface area (Å²) in [6.07, 6.45) is 5.29. The molecule has 1 unspecified atom stereocenters. The van der Waals surface area contributed by atoms with Crippen LogP contribution in [0.4, 0.5) is 0 Å². The average molecular weight is 366 g/mol. The maximum Gasteiger partial charge on any atom is 0.186 e. The Kier molecular flexibility index (Phi) is 5.10. The molecule has 3 heterocycles. The minimum Gasteiger partial charge on any atom is -0.371 e. The van der Waals surface area contributed by atoms with Gasteiger partial charge in [0.1, 0.15) is 16.4 Å². The predicted molar refractivity (Wildman–Crippen MR) is 99.2 cm³/mol. The number of hydrogen-bond acceptors (Lipinski definition) is 7. The Labute approximate surface area is 155 Å². The van der Waals surface area contributed by atoms with Gasteiger partial charge in [-0.15, -0.1) is 11.3 Å².